The molecule has 0 fully saturated rings. The predicted octanol–water partition coefficient (Wildman–Crippen LogP) is 2.16. The van der Waals surface area contributed by atoms with Crippen LogP contribution in [0.15, 0.2) is 0 Å². The molecule has 0 rings (SSSR count). The molecule has 0 radical (unpaired) electrons. The summed E-state index contributed by atoms with van der Waals surface area (Å²) in [6.07, 6.45) is 3.71. The molecule has 15 heavy (non-hydrogen) atoms. The second-order valence-electron chi connectivity index (χ2n) is 3.77. The molecule has 0 heterocycles. The molecule has 0 saturated heterocycles. The van der Waals surface area contributed by atoms with E-state index in [0.29, 0.717) is 0 Å². The fourth-order valence-corrected chi connectivity index (χ4v) is 1.28. The highest BCUT2D eigenvalue weighted by atomic mass is 16.5. The minimum Gasteiger partial charge on any atom is -0.379 e. The monoisotopic (exact) mass is 217 g/mol. The standard InChI is InChI=1S/C12H27NO2/c1-4-13(3)9-7-6-8-10-15-12-11-14-5-2/h4-12H2,1-3H3. The van der Waals surface area contributed by atoms with Crippen molar-refractivity contribution in [1.29, 1.82) is 0 Å². The van der Waals surface area contributed by atoms with Gasteiger partial charge in [-0.15, -0.1) is 0 Å². The molecule has 0 aromatic carbocycles. The third-order valence-electron chi connectivity index (χ3n) is 2.44. The van der Waals surface area contributed by atoms with Gasteiger partial charge >= 0.3 is 0 Å². The van der Waals surface area contributed by atoms with Gasteiger partial charge in [-0.2, -0.15) is 0 Å². The summed E-state index contributed by atoms with van der Waals surface area (Å²) in [5.41, 5.74) is 0. The highest BCUT2D eigenvalue weighted by Crippen LogP contribution is 1.97. The molecular weight excluding hydrogens is 190 g/mol. The van der Waals surface area contributed by atoms with Crippen molar-refractivity contribution in [3.8, 4) is 0 Å². The highest BCUT2D eigenvalue weighted by Gasteiger charge is 1.94. The van der Waals surface area contributed by atoms with Crippen LogP contribution in [0.2, 0.25) is 0 Å². The van der Waals surface area contributed by atoms with Gasteiger partial charge in [-0.1, -0.05) is 6.92 Å². The Balaban J connectivity index is 2.92. The zero-order chi connectivity index (χ0) is 11.4. The third kappa shape index (κ3) is 11.8. The number of hydrogen-bond donors (Lipinski definition) is 0. The van der Waals surface area contributed by atoms with Crippen molar-refractivity contribution in [3.63, 3.8) is 0 Å². The largest absolute Gasteiger partial charge is 0.379 e. The second kappa shape index (κ2) is 12.0. The number of rotatable bonds is 11. The lowest BCUT2D eigenvalue weighted by Gasteiger charge is -2.12. The molecule has 0 spiro atoms. The van der Waals surface area contributed by atoms with Crippen molar-refractivity contribution < 1.29 is 9.47 Å². The first-order chi connectivity index (χ1) is 7.31. The van der Waals surface area contributed by atoms with Gasteiger partial charge in [0.1, 0.15) is 0 Å². The van der Waals surface area contributed by atoms with Crippen molar-refractivity contribution in [2.45, 2.75) is 33.1 Å². The maximum absolute atomic E-state index is 5.43. The Labute approximate surface area is 94.7 Å². The summed E-state index contributed by atoms with van der Waals surface area (Å²) in [7, 11) is 2.17. The van der Waals surface area contributed by atoms with Crippen LogP contribution in [0.1, 0.15) is 33.1 Å². The summed E-state index contributed by atoms with van der Waals surface area (Å²) in [5.74, 6) is 0. The molecule has 0 saturated carbocycles. The lowest BCUT2D eigenvalue weighted by atomic mass is 10.2. The lowest BCUT2D eigenvalue weighted by Crippen LogP contribution is -2.18. The van der Waals surface area contributed by atoms with E-state index in [1.165, 1.54) is 25.8 Å². The number of ether oxygens (including phenoxy) is 2. The van der Waals surface area contributed by atoms with Crippen LogP contribution in [0.4, 0.5) is 0 Å². The molecule has 0 aliphatic rings. The first-order valence-electron chi connectivity index (χ1n) is 6.15. The Hall–Kier alpha value is -0.120. The maximum atomic E-state index is 5.43. The zero-order valence-corrected chi connectivity index (χ0v) is 10.6. The van der Waals surface area contributed by atoms with Crippen LogP contribution in [0, 0.1) is 0 Å². The van der Waals surface area contributed by atoms with Gasteiger partial charge in [0, 0.05) is 13.2 Å². The fraction of sp³-hybridized carbons (Fsp3) is 1.00. The summed E-state index contributed by atoms with van der Waals surface area (Å²) >= 11 is 0. The Morgan fingerprint density at radius 1 is 0.867 bits per heavy atom. The van der Waals surface area contributed by atoms with Crippen LogP contribution in [0.25, 0.3) is 0 Å². The van der Waals surface area contributed by atoms with Gasteiger partial charge in [0.2, 0.25) is 0 Å². The molecule has 0 aromatic heterocycles. The smallest absolute Gasteiger partial charge is 0.0700 e. The third-order valence-corrected chi connectivity index (χ3v) is 2.44. The lowest BCUT2D eigenvalue weighted by molar-refractivity contribution is 0.0511. The molecule has 0 bridgehead atoms. The number of unbranched alkanes of at least 4 members (excludes halogenated alkanes) is 2. The molecule has 0 N–H and O–H groups in total. The molecular formula is C12H27NO2. The average Bonchev–Trinajstić information content (AvgIpc) is 2.26. The van der Waals surface area contributed by atoms with Crippen LogP contribution in [0.3, 0.4) is 0 Å². The predicted molar refractivity (Wildman–Crippen MR) is 64.3 cm³/mol. The molecule has 0 unspecified atom stereocenters. The maximum Gasteiger partial charge on any atom is 0.0700 e. The topological polar surface area (TPSA) is 21.7 Å². The van der Waals surface area contributed by atoms with Crippen molar-refractivity contribution in [1.82, 2.24) is 4.90 Å². The van der Waals surface area contributed by atoms with Crippen molar-refractivity contribution in [3.05, 3.63) is 0 Å². The van der Waals surface area contributed by atoms with Crippen LogP contribution in [-0.4, -0.2) is 51.5 Å². The molecule has 0 aliphatic carbocycles. The first-order valence-corrected chi connectivity index (χ1v) is 6.15. The van der Waals surface area contributed by atoms with Crippen molar-refractivity contribution >= 4 is 0 Å². The first kappa shape index (κ1) is 14.9. The normalized spacial score (nSPS) is 11.2. The number of hydrogen-bond acceptors (Lipinski definition) is 3. The molecule has 0 amide bonds. The minimum atomic E-state index is 0.731. The van der Waals surface area contributed by atoms with E-state index in [9.17, 15) is 0 Å². The molecule has 92 valence electrons. The molecule has 0 aliphatic heterocycles. The van der Waals surface area contributed by atoms with Gasteiger partial charge in [0.25, 0.3) is 0 Å². The SMILES string of the molecule is CCOCCOCCCCCN(C)CC. The van der Waals surface area contributed by atoms with Gasteiger partial charge in [-0.05, 0) is 46.3 Å². The molecule has 0 atom stereocenters. The van der Waals surface area contributed by atoms with E-state index in [4.69, 9.17) is 9.47 Å². The Morgan fingerprint density at radius 2 is 1.60 bits per heavy atom. The van der Waals surface area contributed by atoms with Gasteiger partial charge in [0.15, 0.2) is 0 Å². The van der Waals surface area contributed by atoms with Gasteiger partial charge in [0.05, 0.1) is 13.2 Å². The molecule has 3 nitrogen and oxygen atoms in total. The summed E-state index contributed by atoms with van der Waals surface area (Å²) < 4.78 is 10.6. The highest BCUT2D eigenvalue weighted by molar-refractivity contribution is 4.48. The number of nitrogens with zero attached hydrogens (tertiary/aromatic N) is 1. The van der Waals surface area contributed by atoms with Crippen LogP contribution in [-0.2, 0) is 9.47 Å². The van der Waals surface area contributed by atoms with Crippen LogP contribution >= 0.6 is 0 Å². The zero-order valence-electron chi connectivity index (χ0n) is 10.6. The summed E-state index contributed by atoms with van der Waals surface area (Å²) in [6, 6.07) is 0. The van der Waals surface area contributed by atoms with E-state index >= 15 is 0 Å². The van der Waals surface area contributed by atoms with Gasteiger partial charge in [-0.3, -0.25) is 0 Å². The van der Waals surface area contributed by atoms with E-state index in [0.717, 1.165) is 33.0 Å². The van der Waals surface area contributed by atoms with E-state index in [1.807, 2.05) is 6.92 Å². The van der Waals surface area contributed by atoms with Crippen molar-refractivity contribution in [2.75, 3.05) is 46.6 Å². The quantitative estimate of drug-likeness (QED) is 0.495. The van der Waals surface area contributed by atoms with Gasteiger partial charge < -0.3 is 14.4 Å². The van der Waals surface area contributed by atoms with Gasteiger partial charge in [-0.25, -0.2) is 0 Å². The molecule has 3 heteroatoms. The molecule has 0 aromatic rings. The summed E-state index contributed by atoms with van der Waals surface area (Å²) in [4.78, 5) is 2.34. The van der Waals surface area contributed by atoms with Crippen LogP contribution < -0.4 is 0 Å². The van der Waals surface area contributed by atoms with Crippen LogP contribution in [0.5, 0.6) is 0 Å². The Morgan fingerprint density at radius 3 is 2.27 bits per heavy atom. The van der Waals surface area contributed by atoms with E-state index < -0.39 is 0 Å². The fourth-order valence-electron chi connectivity index (χ4n) is 1.28. The average molecular weight is 217 g/mol. The van der Waals surface area contributed by atoms with Crippen molar-refractivity contribution in [2.24, 2.45) is 0 Å². The van der Waals surface area contributed by atoms with E-state index in [-0.39, 0.29) is 0 Å². The Kier molecular flexibility index (Phi) is 11.9. The van der Waals surface area contributed by atoms with E-state index in [1.54, 1.807) is 0 Å². The Bertz CT molecular complexity index is 120. The summed E-state index contributed by atoms with van der Waals surface area (Å²) in [6.45, 7) is 9.68. The summed E-state index contributed by atoms with van der Waals surface area (Å²) in [5, 5.41) is 0. The van der Waals surface area contributed by atoms with E-state index in [2.05, 4.69) is 18.9 Å². The second-order valence-corrected chi connectivity index (χ2v) is 3.77. The minimum absolute atomic E-state index is 0.731.